The molecule has 1 aromatic heterocycles. The van der Waals surface area contributed by atoms with Crippen molar-refractivity contribution in [2.75, 3.05) is 0 Å². The molecule has 24 heavy (non-hydrogen) atoms. The highest BCUT2D eigenvalue weighted by atomic mass is 16.4. The molecular weight excluding hydrogens is 304 g/mol. The molecule has 0 bridgehead atoms. The Morgan fingerprint density at radius 1 is 1.17 bits per heavy atom. The maximum atomic E-state index is 12.4. The standard InChI is InChI=1S/C19H22N2O3/c1-4-12(2)17(19(23)24)21-18(22)15-10-11-16(20-13(15)3)14-8-6-5-7-9-14/h5-12,17H,4H2,1-3H3,(H,21,22)(H,23,24)/t12-,17-/m0/s1. The van der Waals surface area contributed by atoms with Crippen LogP contribution in [0.3, 0.4) is 0 Å². The van der Waals surface area contributed by atoms with Gasteiger partial charge in [-0.05, 0) is 25.0 Å². The molecule has 1 amide bonds. The molecule has 2 N–H and O–H groups in total. The summed E-state index contributed by atoms with van der Waals surface area (Å²) in [5.41, 5.74) is 2.71. The van der Waals surface area contributed by atoms with E-state index in [4.69, 9.17) is 0 Å². The zero-order valence-corrected chi connectivity index (χ0v) is 14.1. The summed E-state index contributed by atoms with van der Waals surface area (Å²) >= 11 is 0. The van der Waals surface area contributed by atoms with E-state index in [0.717, 1.165) is 11.3 Å². The maximum absolute atomic E-state index is 12.4. The Labute approximate surface area is 141 Å². The van der Waals surface area contributed by atoms with Gasteiger partial charge in [-0.3, -0.25) is 9.78 Å². The van der Waals surface area contributed by atoms with Gasteiger partial charge in [-0.25, -0.2) is 4.79 Å². The third-order valence-electron chi connectivity index (χ3n) is 4.17. The molecule has 5 nitrogen and oxygen atoms in total. The van der Waals surface area contributed by atoms with E-state index >= 15 is 0 Å². The summed E-state index contributed by atoms with van der Waals surface area (Å²) in [5, 5.41) is 11.9. The number of carboxylic acid groups (broad SMARTS) is 1. The van der Waals surface area contributed by atoms with Gasteiger partial charge in [-0.1, -0.05) is 50.6 Å². The Bertz CT molecular complexity index is 729. The van der Waals surface area contributed by atoms with Crippen LogP contribution in [0.1, 0.15) is 36.3 Å². The lowest BCUT2D eigenvalue weighted by Gasteiger charge is -2.20. The highest BCUT2D eigenvalue weighted by molar-refractivity contribution is 5.97. The molecule has 0 aliphatic heterocycles. The SMILES string of the molecule is CC[C@H](C)[C@H](NC(=O)c1ccc(-c2ccccc2)nc1C)C(=O)O. The van der Waals surface area contributed by atoms with Gasteiger partial charge in [-0.15, -0.1) is 0 Å². The number of aryl methyl sites for hydroxylation is 1. The van der Waals surface area contributed by atoms with Crippen LogP contribution in [-0.4, -0.2) is 28.0 Å². The first-order chi connectivity index (χ1) is 11.4. The zero-order valence-electron chi connectivity index (χ0n) is 14.1. The Hall–Kier alpha value is -2.69. The third-order valence-corrected chi connectivity index (χ3v) is 4.17. The number of carboxylic acids is 1. The quantitative estimate of drug-likeness (QED) is 0.854. The van der Waals surface area contributed by atoms with Gasteiger partial charge in [0.2, 0.25) is 0 Å². The fraction of sp³-hybridized carbons (Fsp3) is 0.316. The molecule has 0 fully saturated rings. The van der Waals surface area contributed by atoms with E-state index in [-0.39, 0.29) is 5.92 Å². The van der Waals surface area contributed by atoms with Gasteiger partial charge in [0.05, 0.1) is 17.0 Å². The average Bonchev–Trinajstić information content (AvgIpc) is 2.59. The molecule has 2 atom stereocenters. The number of aliphatic carboxylic acids is 1. The van der Waals surface area contributed by atoms with Crippen molar-refractivity contribution in [1.82, 2.24) is 10.3 Å². The number of nitrogens with zero attached hydrogens (tertiary/aromatic N) is 1. The van der Waals surface area contributed by atoms with Crippen LogP contribution in [-0.2, 0) is 4.79 Å². The minimum atomic E-state index is -1.02. The molecule has 0 saturated heterocycles. The van der Waals surface area contributed by atoms with Crippen LogP contribution < -0.4 is 5.32 Å². The molecule has 126 valence electrons. The number of hydrogen-bond donors (Lipinski definition) is 2. The van der Waals surface area contributed by atoms with Crippen LogP contribution in [0.15, 0.2) is 42.5 Å². The highest BCUT2D eigenvalue weighted by Crippen LogP contribution is 2.19. The summed E-state index contributed by atoms with van der Waals surface area (Å²) in [6.45, 7) is 5.46. The van der Waals surface area contributed by atoms with E-state index in [2.05, 4.69) is 10.3 Å². The average molecular weight is 326 g/mol. The molecule has 1 aromatic carbocycles. The van der Waals surface area contributed by atoms with Gasteiger partial charge in [-0.2, -0.15) is 0 Å². The number of carbonyl (C=O) groups is 2. The second kappa shape index (κ2) is 7.73. The number of hydrogen-bond acceptors (Lipinski definition) is 3. The van der Waals surface area contributed by atoms with Crippen LogP contribution in [0.2, 0.25) is 0 Å². The largest absolute Gasteiger partial charge is 0.480 e. The minimum Gasteiger partial charge on any atom is -0.480 e. The van der Waals surface area contributed by atoms with Crippen molar-refractivity contribution in [3.05, 3.63) is 53.7 Å². The molecular formula is C19H22N2O3. The number of rotatable bonds is 6. The van der Waals surface area contributed by atoms with Crippen molar-refractivity contribution in [3.8, 4) is 11.3 Å². The molecule has 5 heteroatoms. The van der Waals surface area contributed by atoms with Crippen LogP contribution in [0.5, 0.6) is 0 Å². The Morgan fingerprint density at radius 3 is 2.38 bits per heavy atom. The predicted molar refractivity (Wildman–Crippen MR) is 92.8 cm³/mol. The first-order valence-corrected chi connectivity index (χ1v) is 8.00. The topological polar surface area (TPSA) is 79.3 Å². The van der Waals surface area contributed by atoms with E-state index in [1.54, 1.807) is 19.1 Å². The molecule has 2 rings (SSSR count). The summed E-state index contributed by atoms with van der Waals surface area (Å²) in [4.78, 5) is 28.3. The van der Waals surface area contributed by atoms with Gasteiger partial charge < -0.3 is 10.4 Å². The van der Waals surface area contributed by atoms with Crippen molar-refractivity contribution in [1.29, 1.82) is 0 Å². The monoisotopic (exact) mass is 326 g/mol. The molecule has 0 saturated carbocycles. The molecule has 0 spiro atoms. The Balaban J connectivity index is 2.23. The number of benzene rings is 1. The molecule has 2 aromatic rings. The Morgan fingerprint density at radius 2 is 1.83 bits per heavy atom. The summed E-state index contributed by atoms with van der Waals surface area (Å²) in [5.74, 6) is -1.58. The minimum absolute atomic E-state index is 0.150. The van der Waals surface area contributed by atoms with Gasteiger partial charge in [0.1, 0.15) is 6.04 Å². The van der Waals surface area contributed by atoms with E-state index in [1.807, 2.05) is 44.2 Å². The first kappa shape index (κ1) is 17.7. The van der Waals surface area contributed by atoms with Crippen LogP contribution >= 0.6 is 0 Å². The van der Waals surface area contributed by atoms with Crippen LogP contribution in [0.4, 0.5) is 0 Å². The molecule has 0 aliphatic carbocycles. The van der Waals surface area contributed by atoms with E-state index < -0.39 is 17.9 Å². The fourth-order valence-electron chi connectivity index (χ4n) is 2.47. The van der Waals surface area contributed by atoms with Crippen molar-refractivity contribution < 1.29 is 14.7 Å². The summed E-state index contributed by atoms with van der Waals surface area (Å²) in [6.07, 6.45) is 0.668. The molecule has 0 unspecified atom stereocenters. The van der Waals surface area contributed by atoms with Crippen molar-refractivity contribution in [2.45, 2.75) is 33.2 Å². The second-order valence-corrected chi connectivity index (χ2v) is 5.87. The maximum Gasteiger partial charge on any atom is 0.326 e. The van der Waals surface area contributed by atoms with Gasteiger partial charge in [0.25, 0.3) is 5.91 Å². The lowest BCUT2D eigenvalue weighted by molar-refractivity contribution is -0.140. The van der Waals surface area contributed by atoms with E-state index in [9.17, 15) is 14.7 Å². The molecule has 0 radical (unpaired) electrons. The highest BCUT2D eigenvalue weighted by Gasteiger charge is 2.26. The second-order valence-electron chi connectivity index (χ2n) is 5.87. The number of amides is 1. The summed E-state index contributed by atoms with van der Waals surface area (Å²) in [6, 6.07) is 12.2. The predicted octanol–water partition coefficient (Wildman–Crippen LogP) is 3.29. The third kappa shape index (κ3) is 3.98. The van der Waals surface area contributed by atoms with Crippen LogP contribution in [0, 0.1) is 12.8 Å². The number of aromatic nitrogens is 1. The fourth-order valence-corrected chi connectivity index (χ4v) is 2.47. The van der Waals surface area contributed by atoms with Gasteiger partial charge in [0.15, 0.2) is 0 Å². The first-order valence-electron chi connectivity index (χ1n) is 8.00. The zero-order chi connectivity index (χ0) is 17.7. The number of carbonyl (C=O) groups excluding carboxylic acids is 1. The van der Waals surface area contributed by atoms with Crippen molar-refractivity contribution in [2.24, 2.45) is 5.92 Å². The number of pyridine rings is 1. The smallest absolute Gasteiger partial charge is 0.326 e. The van der Waals surface area contributed by atoms with Crippen molar-refractivity contribution in [3.63, 3.8) is 0 Å². The van der Waals surface area contributed by atoms with Gasteiger partial charge >= 0.3 is 5.97 Å². The van der Waals surface area contributed by atoms with E-state index in [1.165, 1.54) is 0 Å². The molecule has 1 heterocycles. The normalized spacial score (nSPS) is 13.1. The van der Waals surface area contributed by atoms with Crippen LogP contribution in [0.25, 0.3) is 11.3 Å². The summed E-state index contributed by atoms with van der Waals surface area (Å²) in [7, 11) is 0. The van der Waals surface area contributed by atoms with E-state index in [0.29, 0.717) is 17.7 Å². The van der Waals surface area contributed by atoms with Crippen molar-refractivity contribution >= 4 is 11.9 Å². The van der Waals surface area contributed by atoms with Gasteiger partial charge in [0, 0.05) is 5.56 Å². The molecule has 0 aliphatic rings. The number of nitrogens with one attached hydrogen (secondary N) is 1. The Kier molecular flexibility index (Phi) is 5.68. The lowest BCUT2D eigenvalue weighted by Crippen LogP contribution is -2.45. The summed E-state index contributed by atoms with van der Waals surface area (Å²) < 4.78 is 0. The lowest BCUT2D eigenvalue weighted by atomic mass is 9.98.